The summed E-state index contributed by atoms with van der Waals surface area (Å²) in [6, 6.07) is 7.18. The van der Waals surface area contributed by atoms with Crippen molar-refractivity contribution in [3.05, 3.63) is 64.3 Å². The number of rotatable bonds is 5. The Morgan fingerprint density at radius 1 is 1.32 bits per heavy atom. The number of aromatic carboxylic acids is 1. The molecule has 0 radical (unpaired) electrons. The molecule has 0 aliphatic carbocycles. The molecule has 3 rings (SSSR count). The Morgan fingerprint density at radius 3 is 2.72 bits per heavy atom. The van der Waals surface area contributed by atoms with E-state index < -0.39 is 27.0 Å². The summed E-state index contributed by atoms with van der Waals surface area (Å²) in [6.45, 7) is 0.0167. The third-order valence-corrected chi connectivity index (χ3v) is 5.54. The van der Waals surface area contributed by atoms with Gasteiger partial charge >= 0.3 is 0 Å². The summed E-state index contributed by atoms with van der Waals surface area (Å²) < 4.78 is 31.6. The molecule has 130 valence electrons. The Hall–Kier alpha value is -2.91. The lowest BCUT2D eigenvalue weighted by molar-refractivity contribution is -0.255. The maximum atomic E-state index is 12.7. The van der Waals surface area contributed by atoms with Gasteiger partial charge in [0, 0.05) is 24.1 Å². The average molecular weight is 361 g/mol. The number of fused-ring (bicyclic) bond motifs is 1. The van der Waals surface area contributed by atoms with E-state index in [-0.39, 0.29) is 16.8 Å². The van der Waals surface area contributed by atoms with Gasteiger partial charge in [-0.3, -0.25) is 4.79 Å². The number of aromatic amines is 1. The average Bonchev–Trinajstić information content (AvgIpc) is 3.07. The molecule has 1 aromatic carbocycles. The standard InChI is InChI=1S/C16H14N2O6S/c1-18(9-10-3-2-6-24-10)25(22,23)11-4-5-14-12(7-11)15(19)13(8-17-14)16(20)21/h2-8H,9H2,1H3,(H,17,19)(H,20,21)/p-1. The lowest BCUT2D eigenvalue weighted by atomic mass is 10.1. The maximum absolute atomic E-state index is 12.7. The van der Waals surface area contributed by atoms with E-state index in [0.29, 0.717) is 11.3 Å². The third-order valence-electron chi connectivity index (χ3n) is 3.74. The van der Waals surface area contributed by atoms with Crippen molar-refractivity contribution in [1.29, 1.82) is 0 Å². The summed E-state index contributed by atoms with van der Waals surface area (Å²) in [5.74, 6) is -1.17. The minimum atomic E-state index is -3.90. The highest BCUT2D eigenvalue weighted by Crippen LogP contribution is 2.20. The molecule has 25 heavy (non-hydrogen) atoms. The fourth-order valence-corrected chi connectivity index (χ4v) is 3.56. The van der Waals surface area contributed by atoms with Crippen LogP contribution in [0.1, 0.15) is 16.1 Å². The Balaban J connectivity index is 2.07. The molecule has 2 heterocycles. The number of pyridine rings is 1. The van der Waals surface area contributed by atoms with Crippen LogP contribution in [0.15, 0.2) is 56.9 Å². The Morgan fingerprint density at radius 2 is 2.08 bits per heavy atom. The number of carboxylic acid groups (broad SMARTS) is 1. The van der Waals surface area contributed by atoms with Crippen LogP contribution in [0.2, 0.25) is 0 Å². The van der Waals surface area contributed by atoms with Gasteiger partial charge in [-0.1, -0.05) is 0 Å². The molecular weight excluding hydrogens is 348 g/mol. The third kappa shape index (κ3) is 3.06. The van der Waals surface area contributed by atoms with Crippen molar-refractivity contribution in [2.45, 2.75) is 11.4 Å². The fourth-order valence-electron chi connectivity index (χ4n) is 2.40. The lowest BCUT2D eigenvalue weighted by Gasteiger charge is -2.16. The first kappa shape index (κ1) is 16.9. The van der Waals surface area contributed by atoms with Crippen LogP contribution >= 0.6 is 0 Å². The zero-order valence-corrected chi connectivity index (χ0v) is 13.9. The van der Waals surface area contributed by atoms with Gasteiger partial charge in [-0.2, -0.15) is 4.31 Å². The first-order chi connectivity index (χ1) is 11.8. The molecule has 9 heteroatoms. The molecule has 0 amide bonds. The largest absolute Gasteiger partial charge is 0.545 e. The van der Waals surface area contributed by atoms with Crippen LogP contribution in [0.3, 0.4) is 0 Å². The van der Waals surface area contributed by atoms with Gasteiger partial charge in [0.2, 0.25) is 10.0 Å². The van der Waals surface area contributed by atoms with Gasteiger partial charge in [-0.05, 0) is 30.3 Å². The summed E-state index contributed by atoms with van der Waals surface area (Å²) in [5, 5.41) is 10.9. The Bertz CT molecular complexity index is 1100. The van der Waals surface area contributed by atoms with Gasteiger partial charge in [0.15, 0.2) is 5.43 Å². The van der Waals surface area contributed by atoms with E-state index in [1.165, 1.54) is 25.4 Å². The molecule has 0 aliphatic rings. The number of hydrogen-bond acceptors (Lipinski definition) is 6. The van der Waals surface area contributed by atoms with Crippen molar-refractivity contribution in [3.8, 4) is 0 Å². The van der Waals surface area contributed by atoms with E-state index in [1.807, 2.05) is 0 Å². The molecule has 3 aromatic rings. The van der Waals surface area contributed by atoms with Crippen LogP contribution in [-0.2, 0) is 16.6 Å². The van der Waals surface area contributed by atoms with Crippen LogP contribution in [0.5, 0.6) is 0 Å². The number of furan rings is 1. The predicted octanol–water partition coefficient (Wildman–Crippen LogP) is 0.305. The van der Waals surface area contributed by atoms with Crippen molar-refractivity contribution in [2.75, 3.05) is 7.05 Å². The first-order valence-electron chi connectivity index (χ1n) is 7.16. The van der Waals surface area contributed by atoms with E-state index in [9.17, 15) is 23.1 Å². The topological polar surface area (TPSA) is 124 Å². The molecule has 1 N–H and O–H groups in total. The fraction of sp³-hybridized carbons (Fsp3) is 0.125. The normalized spacial score (nSPS) is 11.9. The van der Waals surface area contributed by atoms with Crippen LogP contribution in [0, 0.1) is 0 Å². The van der Waals surface area contributed by atoms with Gasteiger partial charge in [0.25, 0.3) is 0 Å². The second kappa shape index (κ2) is 6.19. The molecular formula is C16H13N2O6S-. The number of carboxylic acids is 1. The second-order valence-corrected chi connectivity index (χ2v) is 7.41. The van der Waals surface area contributed by atoms with Crippen LogP contribution in [-0.4, -0.2) is 30.7 Å². The zero-order chi connectivity index (χ0) is 18.2. The first-order valence-corrected chi connectivity index (χ1v) is 8.60. The van der Waals surface area contributed by atoms with E-state index in [0.717, 1.165) is 16.6 Å². The summed E-state index contributed by atoms with van der Waals surface area (Å²) >= 11 is 0. The summed E-state index contributed by atoms with van der Waals surface area (Å²) in [7, 11) is -2.52. The number of aromatic nitrogens is 1. The number of nitrogens with one attached hydrogen (secondary N) is 1. The van der Waals surface area contributed by atoms with Crippen molar-refractivity contribution in [1.82, 2.24) is 9.29 Å². The van der Waals surface area contributed by atoms with E-state index in [1.54, 1.807) is 12.1 Å². The molecule has 0 bridgehead atoms. The number of carbonyl (C=O) groups excluding carboxylic acids is 1. The van der Waals surface area contributed by atoms with Gasteiger partial charge in [-0.25, -0.2) is 8.42 Å². The van der Waals surface area contributed by atoms with Crippen molar-refractivity contribution in [2.24, 2.45) is 0 Å². The molecule has 0 fully saturated rings. The quantitative estimate of drug-likeness (QED) is 0.697. The molecule has 0 atom stereocenters. The predicted molar refractivity (Wildman–Crippen MR) is 86.3 cm³/mol. The monoisotopic (exact) mass is 361 g/mol. The van der Waals surface area contributed by atoms with Crippen LogP contribution in [0.4, 0.5) is 0 Å². The van der Waals surface area contributed by atoms with Gasteiger partial charge in [-0.15, -0.1) is 0 Å². The van der Waals surface area contributed by atoms with Gasteiger partial charge in [0.05, 0.1) is 29.2 Å². The number of hydrogen-bond donors (Lipinski definition) is 1. The maximum Gasteiger partial charge on any atom is 0.243 e. The van der Waals surface area contributed by atoms with Crippen molar-refractivity contribution in [3.63, 3.8) is 0 Å². The smallest absolute Gasteiger partial charge is 0.243 e. The molecule has 2 aromatic heterocycles. The number of carbonyl (C=O) groups is 1. The minimum Gasteiger partial charge on any atom is -0.545 e. The van der Waals surface area contributed by atoms with Crippen molar-refractivity contribution >= 4 is 26.9 Å². The van der Waals surface area contributed by atoms with Crippen molar-refractivity contribution < 1.29 is 22.7 Å². The second-order valence-electron chi connectivity index (χ2n) is 5.37. The SMILES string of the molecule is CN(Cc1ccco1)S(=O)(=O)c1ccc2[nH]cc(C(=O)[O-])c(=O)c2c1. The highest BCUT2D eigenvalue weighted by atomic mass is 32.2. The zero-order valence-electron chi connectivity index (χ0n) is 13.1. The lowest BCUT2D eigenvalue weighted by Crippen LogP contribution is -2.29. The van der Waals surface area contributed by atoms with Crippen LogP contribution < -0.4 is 10.5 Å². The molecule has 0 aliphatic heterocycles. The molecule has 0 spiro atoms. The molecule has 0 saturated heterocycles. The van der Waals surface area contributed by atoms with Gasteiger partial charge in [0.1, 0.15) is 5.76 Å². The van der Waals surface area contributed by atoms with E-state index in [4.69, 9.17) is 4.42 Å². The highest BCUT2D eigenvalue weighted by Gasteiger charge is 2.22. The van der Waals surface area contributed by atoms with E-state index >= 15 is 0 Å². The Kier molecular flexibility index (Phi) is 4.19. The molecule has 8 nitrogen and oxygen atoms in total. The number of benzene rings is 1. The Labute approximate surface area is 142 Å². The molecule has 0 saturated carbocycles. The summed E-state index contributed by atoms with van der Waals surface area (Å²) in [6.07, 6.45) is 2.46. The minimum absolute atomic E-state index is 0.0167. The van der Waals surface area contributed by atoms with Gasteiger partial charge < -0.3 is 19.3 Å². The summed E-state index contributed by atoms with van der Waals surface area (Å²) in [4.78, 5) is 25.7. The van der Waals surface area contributed by atoms with E-state index in [2.05, 4.69) is 4.98 Å². The molecule has 0 unspecified atom stereocenters. The number of sulfonamides is 1. The number of nitrogens with zero attached hydrogens (tertiary/aromatic N) is 1. The number of H-pyrrole nitrogens is 1. The highest BCUT2D eigenvalue weighted by molar-refractivity contribution is 7.89. The van der Waals surface area contributed by atoms with Crippen LogP contribution in [0.25, 0.3) is 10.9 Å². The summed E-state index contributed by atoms with van der Waals surface area (Å²) in [5.41, 5.74) is -1.05.